The molecule has 1 amide bonds. The minimum atomic E-state index is -0.0228. The van der Waals surface area contributed by atoms with Crippen molar-refractivity contribution >= 4 is 22.4 Å². The first-order valence-electron chi connectivity index (χ1n) is 10.1. The van der Waals surface area contributed by atoms with Crippen molar-refractivity contribution in [2.45, 2.75) is 13.0 Å². The molecular weight excluding hydrogens is 362 g/mol. The first-order valence-corrected chi connectivity index (χ1v) is 10.1. The van der Waals surface area contributed by atoms with Gasteiger partial charge < -0.3 is 15.3 Å². The number of nitrogens with one attached hydrogen (secondary N) is 1. The van der Waals surface area contributed by atoms with Crippen molar-refractivity contribution in [3.05, 3.63) is 72.3 Å². The molecule has 5 heteroatoms. The van der Waals surface area contributed by atoms with Crippen LogP contribution in [0, 0.1) is 0 Å². The number of carbonyl (C=O) groups excluding carboxylic acids is 1. The Morgan fingerprint density at radius 2 is 1.66 bits per heavy atom. The van der Waals surface area contributed by atoms with E-state index in [1.165, 1.54) is 10.8 Å². The number of phenolic OH excluding ortho intramolecular Hbond substituents is 1. The van der Waals surface area contributed by atoms with Gasteiger partial charge in [0.05, 0.1) is 12.6 Å². The van der Waals surface area contributed by atoms with Gasteiger partial charge in [-0.05, 0) is 53.6 Å². The molecule has 1 saturated heterocycles. The molecule has 2 N–H and O–H groups in total. The predicted octanol–water partition coefficient (Wildman–Crippen LogP) is 3.54. The zero-order valence-corrected chi connectivity index (χ0v) is 16.7. The second-order valence-electron chi connectivity index (χ2n) is 7.68. The van der Waals surface area contributed by atoms with Crippen molar-refractivity contribution < 1.29 is 9.90 Å². The molecule has 0 aromatic heterocycles. The van der Waals surface area contributed by atoms with E-state index in [9.17, 15) is 9.90 Å². The predicted molar refractivity (Wildman–Crippen MR) is 117 cm³/mol. The van der Waals surface area contributed by atoms with E-state index >= 15 is 0 Å². The van der Waals surface area contributed by atoms with Gasteiger partial charge >= 0.3 is 0 Å². The molecule has 0 radical (unpaired) electrons. The van der Waals surface area contributed by atoms with E-state index in [1.807, 2.05) is 31.2 Å². The number of piperazine rings is 1. The van der Waals surface area contributed by atoms with Gasteiger partial charge in [0, 0.05) is 31.9 Å². The topological polar surface area (TPSA) is 55.8 Å². The number of fused-ring (bicyclic) bond motifs is 1. The van der Waals surface area contributed by atoms with Crippen LogP contribution in [-0.2, 0) is 4.79 Å². The third kappa shape index (κ3) is 4.69. The van der Waals surface area contributed by atoms with Gasteiger partial charge in [-0.1, -0.05) is 36.4 Å². The zero-order valence-electron chi connectivity index (χ0n) is 16.7. The van der Waals surface area contributed by atoms with Crippen LogP contribution >= 0.6 is 0 Å². The van der Waals surface area contributed by atoms with Crippen LogP contribution in [0.4, 0.5) is 5.69 Å². The minimum Gasteiger partial charge on any atom is -0.508 e. The summed E-state index contributed by atoms with van der Waals surface area (Å²) in [4.78, 5) is 17.0. The summed E-state index contributed by atoms with van der Waals surface area (Å²) in [6, 6.07) is 21.9. The number of hydrogen-bond acceptors (Lipinski definition) is 4. The third-order valence-corrected chi connectivity index (χ3v) is 5.61. The monoisotopic (exact) mass is 389 g/mol. The molecule has 150 valence electrons. The van der Waals surface area contributed by atoms with E-state index in [2.05, 4.69) is 45.4 Å². The molecule has 1 heterocycles. The van der Waals surface area contributed by atoms with Crippen LogP contribution in [0.15, 0.2) is 66.7 Å². The van der Waals surface area contributed by atoms with E-state index in [0.29, 0.717) is 6.54 Å². The number of carbonyl (C=O) groups is 1. The van der Waals surface area contributed by atoms with Crippen LogP contribution in [0.3, 0.4) is 0 Å². The Kier molecular flexibility index (Phi) is 5.67. The van der Waals surface area contributed by atoms with Gasteiger partial charge in [-0.25, -0.2) is 0 Å². The van der Waals surface area contributed by atoms with Crippen LogP contribution in [0.5, 0.6) is 5.75 Å². The number of hydrogen-bond donors (Lipinski definition) is 2. The Bertz CT molecular complexity index is 979. The summed E-state index contributed by atoms with van der Waals surface area (Å²) in [5.41, 5.74) is 2.23. The fourth-order valence-corrected chi connectivity index (χ4v) is 3.88. The maximum absolute atomic E-state index is 12.6. The lowest BCUT2D eigenvalue weighted by Gasteiger charge is -2.35. The highest BCUT2D eigenvalue weighted by molar-refractivity contribution is 5.83. The number of amides is 1. The number of anilines is 1. The Morgan fingerprint density at radius 3 is 2.38 bits per heavy atom. The Morgan fingerprint density at radius 1 is 0.966 bits per heavy atom. The van der Waals surface area contributed by atoms with Crippen molar-refractivity contribution in [3.8, 4) is 5.75 Å². The summed E-state index contributed by atoms with van der Waals surface area (Å²) in [6.07, 6.45) is 0. The first-order chi connectivity index (χ1) is 14.1. The summed E-state index contributed by atoms with van der Waals surface area (Å²) in [5.74, 6) is 0.341. The SMILES string of the molecule is CC(NC(=O)CN1CCN(c2ccc(O)cc2)CC1)c1ccc2ccccc2c1. The highest BCUT2D eigenvalue weighted by atomic mass is 16.3. The lowest BCUT2D eigenvalue weighted by Crippen LogP contribution is -2.49. The summed E-state index contributed by atoms with van der Waals surface area (Å²) in [6.45, 7) is 5.89. The summed E-state index contributed by atoms with van der Waals surface area (Å²) in [7, 11) is 0. The maximum Gasteiger partial charge on any atom is 0.234 e. The van der Waals surface area contributed by atoms with Crippen molar-refractivity contribution in [1.29, 1.82) is 0 Å². The molecule has 0 saturated carbocycles. The maximum atomic E-state index is 12.6. The molecule has 1 aliphatic heterocycles. The van der Waals surface area contributed by atoms with E-state index in [0.717, 1.165) is 37.4 Å². The highest BCUT2D eigenvalue weighted by Crippen LogP contribution is 2.21. The molecule has 5 nitrogen and oxygen atoms in total. The average Bonchev–Trinajstić information content (AvgIpc) is 2.74. The molecule has 1 unspecified atom stereocenters. The lowest BCUT2D eigenvalue weighted by molar-refractivity contribution is -0.123. The first kappa shape index (κ1) is 19.3. The molecular formula is C24H27N3O2. The van der Waals surface area contributed by atoms with Crippen molar-refractivity contribution in [2.24, 2.45) is 0 Å². The largest absolute Gasteiger partial charge is 0.508 e. The molecule has 4 rings (SSSR count). The van der Waals surface area contributed by atoms with Crippen molar-refractivity contribution in [1.82, 2.24) is 10.2 Å². The molecule has 29 heavy (non-hydrogen) atoms. The van der Waals surface area contributed by atoms with Crippen molar-refractivity contribution in [3.63, 3.8) is 0 Å². The fourth-order valence-electron chi connectivity index (χ4n) is 3.88. The minimum absolute atomic E-state index is 0.0228. The van der Waals surface area contributed by atoms with E-state index in [-0.39, 0.29) is 17.7 Å². The second-order valence-corrected chi connectivity index (χ2v) is 7.68. The molecule has 3 aromatic rings. The third-order valence-electron chi connectivity index (χ3n) is 5.61. The number of aromatic hydroxyl groups is 1. The number of rotatable bonds is 5. The van der Waals surface area contributed by atoms with Crippen LogP contribution in [0.1, 0.15) is 18.5 Å². The molecule has 0 bridgehead atoms. The molecule has 1 atom stereocenters. The summed E-state index contributed by atoms with van der Waals surface area (Å²) < 4.78 is 0. The van der Waals surface area contributed by atoms with Crippen LogP contribution in [0.2, 0.25) is 0 Å². The number of phenols is 1. The van der Waals surface area contributed by atoms with Gasteiger partial charge in [0.1, 0.15) is 5.75 Å². The van der Waals surface area contributed by atoms with Gasteiger partial charge in [-0.3, -0.25) is 9.69 Å². The van der Waals surface area contributed by atoms with E-state index < -0.39 is 0 Å². The van der Waals surface area contributed by atoms with Gasteiger partial charge in [-0.15, -0.1) is 0 Å². The number of nitrogens with zero attached hydrogens (tertiary/aromatic N) is 2. The zero-order chi connectivity index (χ0) is 20.2. The van der Waals surface area contributed by atoms with E-state index in [1.54, 1.807) is 12.1 Å². The lowest BCUT2D eigenvalue weighted by atomic mass is 10.0. The van der Waals surface area contributed by atoms with Crippen LogP contribution < -0.4 is 10.2 Å². The normalized spacial score (nSPS) is 16.0. The highest BCUT2D eigenvalue weighted by Gasteiger charge is 2.20. The van der Waals surface area contributed by atoms with Crippen LogP contribution in [0.25, 0.3) is 10.8 Å². The van der Waals surface area contributed by atoms with Gasteiger partial charge in [-0.2, -0.15) is 0 Å². The Hall–Kier alpha value is -3.05. The Balaban J connectivity index is 1.28. The molecule has 0 aliphatic carbocycles. The van der Waals surface area contributed by atoms with Crippen LogP contribution in [-0.4, -0.2) is 48.6 Å². The quantitative estimate of drug-likeness (QED) is 0.701. The fraction of sp³-hybridized carbons (Fsp3) is 0.292. The van der Waals surface area contributed by atoms with Gasteiger partial charge in [0.15, 0.2) is 0 Å². The van der Waals surface area contributed by atoms with Gasteiger partial charge in [0.25, 0.3) is 0 Å². The smallest absolute Gasteiger partial charge is 0.234 e. The molecule has 0 spiro atoms. The standard InChI is InChI=1S/C24H27N3O2/c1-18(20-7-6-19-4-2-3-5-21(19)16-20)25-24(29)17-26-12-14-27(15-13-26)22-8-10-23(28)11-9-22/h2-11,16,18,28H,12-15,17H2,1H3,(H,25,29). The molecule has 1 aliphatic rings. The second kappa shape index (κ2) is 8.53. The summed E-state index contributed by atoms with van der Waals surface area (Å²) in [5, 5.41) is 15.0. The average molecular weight is 389 g/mol. The Labute approximate surface area is 171 Å². The van der Waals surface area contributed by atoms with E-state index in [4.69, 9.17) is 0 Å². The molecule has 1 fully saturated rings. The van der Waals surface area contributed by atoms with Gasteiger partial charge in [0.2, 0.25) is 5.91 Å². The van der Waals surface area contributed by atoms with Crippen molar-refractivity contribution in [2.75, 3.05) is 37.6 Å². The number of benzene rings is 3. The molecule has 3 aromatic carbocycles. The summed E-state index contributed by atoms with van der Waals surface area (Å²) >= 11 is 0.